The summed E-state index contributed by atoms with van der Waals surface area (Å²) in [6, 6.07) is 23.4. The molecule has 0 bridgehead atoms. The summed E-state index contributed by atoms with van der Waals surface area (Å²) in [5.41, 5.74) is 1.54. The Morgan fingerprint density at radius 3 is 2.46 bits per heavy atom. The fourth-order valence-corrected chi connectivity index (χ4v) is 5.60. The number of nitrogens with one attached hydrogen (secondary N) is 1. The quantitative estimate of drug-likeness (QED) is 0.315. The van der Waals surface area contributed by atoms with Crippen molar-refractivity contribution in [2.24, 2.45) is 4.99 Å². The number of aryl methyl sites for hydroxylation is 1. The first-order valence-corrected chi connectivity index (χ1v) is 14.6. The maximum Gasteiger partial charge on any atom is 0.251 e. The van der Waals surface area contributed by atoms with Gasteiger partial charge in [-0.25, -0.2) is 13.4 Å². The van der Waals surface area contributed by atoms with Gasteiger partial charge in [-0.15, -0.1) is 0 Å². The lowest BCUT2D eigenvalue weighted by atomic mass is 9.97. The van der Waals surface area contributed by atoms with Crippen LogP contribution in [0.15, 0.2) is 88.8 Å². The monoisotopic (exact) mass is 550 g/mol. The van der Waals surface area contributed by atoms with Crippen LogP contribution in [0.4, 0.5) is 0 Å². The molecule has 4 rings (SSSR count). The van der Waals surface area contributed by atoms with Gasteiger partial charge in [-0.1, -0.05) is 48.0 Å². The lowest BCUT2D eigenvalue weighted by molar-refractivity contribution is -0.126. The first-order chi connectivity index (χ1) is 18.8. The number of nitrogens with zero attached hydrogens (tertiary/aromatic N) is 1. The summed E-state index contributed by atoms with van der Waals surface area (Å²) in [5, 5.41) is 11.9. The number of aliphatic hydroxyl groups is 1. The second-order valence-electron chi connectivity index (χ2n) is 9.56. The fraction of sp³-hybridized carbons (Fsp3) is 0.333. The average Bonchev–Trinajstić information content (AvgIpc) is 3.40. The number of sulfone groups is 1. The van der Waals surface area contributed by atoms with Gasteiger partial charge in [-0.3, -0.25) is 4.79 Å². The van der Waals surface area contributed by atoms with E-state index in [1.807, 2.05) is 31.2 Å². The maximum absolute atomic E-state index is 13.5. The van der Waals surface area contributed by atoms with E-state index in [0.29, 0.717) is 37.3 Å². The van der Waals surface area contributed by atoms with E-state index in [1.54, 1.807) is 54.6 Å². The molecule has 2 N–H and O–H groups in total. The van der Waals surface area contributed by atoms with Crippen LogP contribution in [-0.4, -0.2) is 63.0 Å². The van der Waals surface area contributed by atoms with Crippen molar-refractivity contribution in [1.29, 1.82) is 0 Å². The maximum atomic E-state index is 13.5. The van der Waals surface area contributed by atoms with Gasteiger partial charge in [0.25, 0.3) is 5.91 Å². The van der Waals surface area contributed by atoms with Gasteiger partial charge in [-0.05, 0) is 61.7 Å². The minimum absolute atomic E-state index is 0.0214. The number of aliphatic hydroxyl groups excluding tert-OH is 1. The Morgan fingerprint density at radius 2 is 1.77 bits per heavy atom. The van der Waals surface area contributed by atoms with E-state index in [-0.39, 0.29) is 42.1 Å². The van der Waals surface area contributed by atoms with Crippen molar-refractivity contribution < 1.29 is 27.8 Å². The summed E-state index contributed by atoms with van der Waals surface area (Å²) < 4.78 is 37.5. The molecule has 0 saturated heterocycles. The predicted octanol–water partition coefficient (Wildman–Crippen LogP) is 3.49. The van der Waals surface area contributed by atoms with Crippen molar-refractivity contribution in [3.05, 3.63) is 95.6 Å². The summed E-state index contributed by atoms with van der Waals surface area (Å²) >= 11 is 0. The van der Waals surface area contributed by atoms with Crippen LogP contribution < -0.4 is 10.1 Å². The molecule has 3 aromatic rings. The Morgan fingerprint density at radius 1 is 1.05 bits per heavy atom. The van der Waals surface area contributed by atoms with Crippen LogP contribution in [0.25, 0.3) is 0 Å². The third-order valence-corrected chi connectivity index (χ3v) is 8.30. The summed E-state index contributed by atoms with van der Waals surface area (Å²) in [7, 11) is -3.62. The Kier molecular flexibility index (Phi) is 9.37. The molecule has 1 heterocycles. The van der Waals surface area contributed by atoms with Crippen molar-refractivity contribution in [3.8, 4) is 5.75 Å². The Labute approximate surface area is 229 Å². The second kappa shape index (κ2) is 12.9. The molecule has 1 aliphatic rings. The molecular weight excluding hydrogens is 516 g/mol. The highest BCUT2D eigenvalue weighted by atomic mass is 32.2. The molecule has 1 atom stereocenters. The number of hydrogen-bond donors (Lipinski definition) is 2. The molecule has 0 spiro atoms. The Balaban J connectivity index is 1.51. The summed E-state index contributed by atoms with van der Waals surface area (Å²) in [6.45, 7) is 2.80. The van der Waals surface area contributed by atoms with Gasteiger partial charge in [0.2, 0.25) is 5.90 Å². The van der Waals surface area contributed by atoms with Gasteiger partial charge in [-0.2, -0.15) is 0 Å². The Hall–Kier alpha value is -3.69. The van der Waals surface area contributed by atoms with Crippen LogP contribution >= 0.6 is 0 Å². The molecule has 1 amide bonds. The molecule has 206 valence electrons. The molecule has 8 nitrogen and oxygen atoms in total. The number of hydrogen-bond acceptors (Lipinski definition) is 7. The molecule has 0 unspecified atom stereocenters. The molecule has 0 aliphatic carbocycles. The van der Waals surface area contributed by atoms with Crippen LogP contribution in [-0.2, 0) is 25.8 Å². The zero-order valence-electron chi connectivity index (χ0n) is 22.0. The molecule has 0 saturated carbocycles. The number of carbonyl (C=O) groups excluding carboxylic acids is 1. The molecule has 0 radical (unpaired) electrons. The molecule has 39 heavy (non-hydrogen) atoms. The molecule has 1 aliphatic heterocycles. The van der Waals surface area contributed by atoms with Crippen LogP contribution in [0, 0.1) is 6.92 Å². The number of aliphatic imine (C=N–C) groups is 1. The highest BCUT2D eigenvalue weighted by Crippen LogP contribution is 2.28. The topological polar surface area (TPSA) is 114 Å². The third kappa shape index (κ3) is 7.46. The van der Waals surface area contributed by atoms with Gasteiger partial charge in [0, 0.05) is 25.1 Å². The number of carbonyl (C=O) groups is 1. The number of ether oxygens (including phenoxy) is 2. The van der Waals surface area contributed by atoms with E-state index in [2.05, 4.69) is 10.3 Å². The van der Waals surface area contributed by atoms with Crippen molar-refractivity contribution in [2.75, 3.05) is 32.1 Å². The van der Waals surface area contributed by atoms with E-state index >= 15 is 0 Å². The van der Waals surface area contributed by atoms with Crippen molar-refractivity contribution in [1.82, 2.24) is 5.32 Å². The Bertz CT molecular complexity index is 1370. The number of rotatable bonds is 13. The van der Waals surface area contributed by atoms with E-state index in [1.165, 1.54) is 0 Å². The van der Waals surface area contributed by atoms with Crippen LogP contribution in [0.3, 0.4) is 0 Å². The first kappa shape index (κ1) is 28.3. The zero-order chi connectivity index (χ0) is 27.7. The molecule has 0 aromatic heterocycles. The molecular formula is C30H34N2O6S. The lowest BCUT2D eigenvalue weighted by Crippen LogP contribution is -2.48. The van der Waals surface area contributed by atoms with Crippen LogP contribution in [0.1, 0.15) is 29.5 Å². The van der Waals surface area contributed by atoms with Crippen LogP contribution in [0.2, 0.25) is 0 Å². The van der Waals surface area contributed by atoms with Gasteiger partial charge in [0.15, 0.2) is 15.4 Å². The largest absolute Gasteiger partial charge is 0.494 e. The highest BCUT2D eigenvalue weighted by Gasteiger charge is 2.45. The summed E-state index contributed by atoms with van der Waals surface area (Å²) in [5.74, 6) is 0.305. The third-order valence-electron chi connectivity index (χ3n) is 6.56. The minimum Gasteiger partial charge on any atom is -0.494 e. The average molecular weight is 551 g/mol. The van der Waals surface area contributed by atoms with E-state index in [0.717, 1.165) is 11.1 Å². The molecule has 0 fully saturated rings. The first-order valence-electron chi connectivity index (χ1n) is 13.0. The fourth-order valence-electron chi connectivity index (χ4n) is 4.19. The van der Waals surface area contributed by atoms with Gasteiger partial charge in [0.05, 0.1) is 17.3 Å². The van der Waals surface area contributed by atoms with Crippen molar-refractivity contribution in [2.45, 2.75) is 36.6 Å². The zero-order valence-corrected chi connectivity index (χ0v) is 22.8. The van der Waals surface area contributed by atoms with Gasteiger partial charge < -0.3 is 19.9 Å². The summed E-state index contributed by atoms with van der Waals surface area (Å²) in [6.07, 6.45) is 1.15. The van der Waals surface area contributed by atoms with Crippen molar-refractivity contribution in [3.63, 3.8) is 0 Å². The summed E-state index contributed by atoms with van der Waals surface area (Å²) in [4.78, 5) is 18.4. The smallest absolute Gasteiger partial charge is 0.251 e. The normalized spacial score (nSPS) is 16.8. The number of amides is 1. The van der Waals surface area contributed by atoms with Crippen LogP contribution in [0.5, 0.6) is 5.75 Å². The number of benzene rings is 3. The molecule has 9 heteroatoms. The standard InChI is InChI=1S/C30H34N2O6S/c1-23-8-10-24(11-9-23)16-18-31-29(34)30(17-21-39(35,36)27-6-3-2-4-7-27)22-38-28(32-30)25-12-14-26(15-13-25)37-20-5-19-33/h2-4,6-15,33H,5,16-22H2,1H3,(H,31,34)/t30-/m1/s1. The predicted molar refractivity (Wildman–Crippen MR) is 150 cm³/mol. The minimum atomic E-state index is -3.62. The SMILES string of the molecule is Cc1ccc(CCNC(=O)[C@@]2(CCS(=O)(=O)c3ccccc3)COC(c3ccc(OCCCO)cc3)=N2)cc1. The van der Waals surface area contributed by atoms with E-state index < -0.39 is 15.4 Å². The van der Waals surface area contributed by atoms with Crippen molar-refractivity contribution >= 4 is 21.6 Å². The van der Waals surface area contributed by atoms with Gasteiger partial charge in [0.1, 0.15) is 12.4 Å². The lowest BCUT2D eigenvalue weighted by Gasteiger charge is -2.23. The van der Waals surface area contributed by atoms with Gasteiger partial charge >= 0.3 is 0 Å². The second-order valence-corrected chi connectivity index (χ2v) is 11.7. The van der Waals surface area contributed by atoms with E-state index in [9.17, 15) is 13.2 Å². The van der Waals surface area contributed by atoms with E-state index in [4.69, 9.17) is 14.6 Å². The molecule has 3 aromatic carbocycles. The highest BCUT2D eigenvalue weighted by molar-refractivity contribution is 7.91.